The van der Waals surface area contributed by atoms with E-state index < -0.39 is 5.54 Å². The molecule has 0 spiro atoms. The molecule has 3 N–H and O–H groups in total. The average Bonchev–Trinajstić information content (AvgIpc) is 2.88. The summed E-state index contributed by atoms with van der Waals surface area (Å²) in [7, 11) is 0. The van der Waals surface area contributed by atoms with Crippen molar-refractivity contribution in [2.45, 2.75) is 31.8 Å². The standard InChI is InChI=1S/C16H19FN2OS/c1-16(2,18)10-14(20)19-15(13-4-3-9-21-13)11-5-7-12(17)8-6-11/h3-9,15H,10,18H2,1-2H3,(H,19,20). The van der Waals surface area contributed by atoms with Gasteiger partial charge in [0.05, 0.1) is 6.04 Å². The third-order valence-electron chi connectivity index (χ3n) is 2.95. The van der Waals surface area contributed by atoms with E-state index >= 15 is 0 Å². The Balaban J connectivity index is 2.22. The van der Waals surface area contributed by atoms with E-state index in [2.05, 4.69) is 5.32 Å². The van der Waals surface area contributed by atoms with Crippen molar-refractivity contribution in [3.8, 4) is 0 Å². The fraction of sp³-hybridized carbons (Fsp3) is 0.312. The van der Waals surface area contributed by atoms with Crippen LogP contribution < -0.4 is 11.1 Å². The number of halogens is 1. The Morgan fingerprint density at radius 1 is 1.33 bits per heavy atom. The highest BCUT2D eigenvalue weighted by Crippen LogP contribution is 2.26. The molecule has 0 fully saturated rings. The van der Waals surface area contributed by atoms with Crippen molar-refractivity contribution >= 4 is 17.2 Å². The van der Waals surface area contributed by atoms with Gasteiger partial charge < -0.3 is 11.1 Å². The molecule has 3 nitrogen and oxygen atoms in total. The van der Waals surface area contributed by atoms with E-state index in [0.717, 1.165) is 10.4 Å². The van der Waals surface area contributed by atoms with Crippen LogP contribution in [0.15, 0.2) is 41.8 Å². The lowest BCUT2D eigenvalue weighted by Crippen LogP contribution is -2.40. The molecule has 1 heterocycles. The van der Waals surface area contributed by atoms with Gasteiger partial charge in [-0.15, -0.1) is 11.3 Å². The van der Waals surface area contributed by atoms with Gasteiger partial charge in [0.15, 0.2) is 0 Å². The molecule has 1 aromatic carbocycles. The number of hydrogen-bond donors (Lipinski definition) is 2. The van der Waals surface area contributed by atoms with E-state index in [9.17, 15) is 9.18 Å². The van der Waals surface area contributed by atoms with Gasteiger partial charge in [0, 0.05) is 16.8 Å². The first-order valence-electron chi connectivity index (χ1n) is 6.72. The molecular formula is C16H19FN2OS. The maximum absolute atomic E-state index is 13.1. The largest absolute Gasteiger partial charge is 0.344 e. The van der Waals surface area contributed by atoms with Crippen molar-refractivity contribution in [1.82, 2.24) is 5.32 Å². The molecule has 0 aliphatic rings. The van der Waals surface area contributed by atoms with Crippen LogP contribution in [0.25, 0.3) is 0 Å². The number of carbonyl (C=O) groups is 1. The number of carbonyl (C=O) groups excluding carboxylic acids is 1. The van der Waals surface area contributed by atoms with Gasteiger partial charge in [0.1, 0.15) is 5.82 Å². The van der Waals surface area contributed by atoms with Crippen LogP contribution in [0.1, 0.15) is 36.8 Å². The maximum Gasteiger partial charge on any atom is 0.222 e. The van der Waals surface area contributed by atoms with Crippen LogP contribution in [-0.4, -0.2) is 11.4 Å². The van der Waals surface area contributed by atoms with Crippen molar-refractivity contribution in [3.05, 3.63) is 58.0 Å². The zero-order chi connectivity index (χ0) is 15.5. The summed E-state index contributed by atoms with van der Waals surface area (Å²) in [6.45, 7) is 3.62. The lowest BCUT2D eigenvalue weighted by atomic mass is 10.0. The van der Waals surface area contributed by atoms with Gasteiger partial charge in [-0.3, -0.25) is 4.79 Å². The second kappa shape index (κ2) is 6.37. The monoisotopic (exact) mass is 306 g/mol. The maximum atomic E-state index is 13.1. The summed E-state index contributed by atoms with van der Waals surface area (Å²) in [6, 6.07) is 9.77. The van der Waals surface area contributed by atoms with Crippen molar-refractivity contribution in [2.75, 3.05) is 0 Å². The van der Waals surface area contributed by atoms with Crippen LogP contribution in [0, 0.1) is 5.82 Å². The Morgan fingerprint density at radius 2 is 2.00 bits per heavy atom. The first-order chi connectivity index (χ1) is 9.85. The molecule has 2 aromatic rings. The lowest BCUT2D eigenvalue weighted by molar-refractivity contribution is -0.122. The Bertz CT molecular complexity index is 588. The molecule has 0 radical (unpaired) electrons. The highest BCUT2D eigenvalue weighted by Gasteiger charge is 2.22. The molecule has 0 saturated carbocycles. The molecule has 112 valence electrons. The summed E-state index contributed by atoms with van der Waals surface area (Å²) in [4.78, 5) is 13.1. The van der Waals surface area contributed by atoms with Crippen LogP contribution >= 0.6 is 11.3 Å². The minimum atomic E-state index is -0.563. The molecule has 1 atom stereocenters. The molecule has 0 bridgehead atoms. The second-order valence-electron chi connectivity index (χ2n) is 5.73. The molecule has 1 amide bonds. The van der Waals surface area contributed by atoms with Gasteiger partial charge in [-0.2, -0.15) is 0 Å². The van der Waals surface area contributed by atoms with Crippen molar-refractivity contribution < 1.29 is 9.18 Å². The van der Waals surface area contributed by atoms with Gasteiger partial charge in [0.2, 0.25) is 5.91 Å². The van der Waals surface area contributed by atoms with Gasteiger partial charge in [0.25, 0.3) is 0 Å². The molecular weight excluding hydrogens is 287 g/mol. The van der Waals surface area contributed by atoms with Crippen molar-refractivity contribution in [3.63, 3.8) is 0 Å². The molecule has 5 heteroatoms. The molecule has 2 rings (SSSR count). The number of thiophene rings is 1. The zero-order valence-corrected chi connectivity index (χ0v) is 12.9. The summed E-state index contributed by atoms with van der Waals surface area (Å²) < 4.78 is 13.1. The number of hydrogen-bond acceptors (Lipinski definition) is 3. The molecule has 1 aromatic heterocycles. The van der Waals surface area contributed by atoms with Crippen LogP contribution in [0.2, 0.25) is 0 Å². The molecule has 0 saturated heterocycles. The Kier molecular flexibility index (Phi) is 4.75. The van der Waals surface area contributed by atoms with E-state index in [0.29, 0.717) is 0 Å². The van der Waals surface area contributed by atoms with Gasteiger partial charge in [-0.1, -0.05) is 18.2 Å². The Hall–Kier alpha value is -1.72. The van der Waals surface area contributed by atoms with Gasteiger partial charge in [-0.05, 0) is 43.0 Å². The Morgan fingerprint density at radius 3 is 2.52 bits per heavy atom. The molecule has 21 heavy (non-hydrogen) atoms. The average molecular weight is 306 g/mol. The predicted molar refractivity (Wildman–Crippen MR) is 83.6 cm³/mol. The van der Waals surface area contributed by atoms with E-state index in [-0.39, 0.29) is 24.2 Å². The topological polar surface area (TPSA) is 55.1 Å². The van der Waals surface area contributed by atoms with E-state index in [1.165, 1.54) is 12.1 Å². The van der Waals surface area contributed by atoms with Gasteiger partial charge >= 0.3 is 0 Å². The summed E-state index contributed by atoms with van der Waals surface area (Å²) in [6.07, 6.45) is 0.232. The first-order valence-corrected chi connectivity index (χ1v) is 7.60. The normalized spacial score (nSPS) is 13.0. The summed E-state index contributed by atoms with van der Waals surface area (Å²) in [5.41, 5.74) is 6.17. The summed E-state index contributed by atoms with van der Waals surface area (Å²) in [5.74, 6) is -0.414. The molecule has 1 unspecified atom stereocenters. The molecule has 0 aliphatic heterocycles. The van der Waals surface area contributed by atoms with Crippen molar-refractivity contribution in [2.24, 2.45) is 5.73 Å². The van der Waals surface area contributed by atoms with E-state index in [1.54, 1.807) is 23.5 Å². The van der Waals surface area contributed by atoms with Crippen LogP contribution in [0.4, 0.5) is 4.39 Å². The number of nitrogens with one attached hydrogen (secondary N) is 1. The lowest BCUT2D eigenvalue weighted by Gasteiger charge is -2.22. The van der Waals surface area contributed by atoms with Crippen LogP contribution in [0.3, 0.4) is 0 Å². The molecule has 0 aliphatic carbocycles. The third kappa shape index (κ3) is 4.65. The van der Waals surface area contributed by atoms with Crippen molar-refractivity contribution in [1.29, 1.82) is 0 Å². The summed E-state index contributed by atoms with van der Waals surface area (Å²) >= 11 is 1.55. The Labute approximate surface area is 128 Å². The van der Waals surface area contributed by atoms with E-state index in [1.807, 2.05) is 31.4 Å². The second-order valence-corrected chi connectivity index (χ2v) is 6.71. The van der Waals surface area contributed by atoms with Crippen LogP contribution in [0.5, 0.6) is 0 Å². The highest BCUT2D eigenvalue weighted by molar-refractivity contribution is 7.10. The number of benzene rings is 1. The fourth-order valence-electron chi connectivity index (χ4n) is 2.06. The predicted octanol–water partition coefficient (Wildman–Crippen LogP) is 3.22. The number of nitrogens with two attached hydrogens (primary N) is 1. The summed E-state index contributed by atoms with van der Waals surface area (Å²) in [5, 5.41) is 4.93. The van der Waals surface area contributed by atoms with Gasteiger partial charge in [-0.25, -0.2) is 4.39 Å². The minimum absolute atomic E-state index is 0.120. The number of rotatable bonds is 5. The fourth-order valence-corrected chi connectivity index (χ4v) is 2.86. The zero-order valence-electron chi connectivity index (χ0n) is 12.1. The quantitative estimate of drug-likeness (QED) is 0.891. The van der Waals surface area contributed by atoms with E-state index in [4.69, 9.17) is 5.73 Å². The minimum Gasteiger partial charge on any atom is -0.344 e. The van der Waals surface area contributed by atoms with Crippen LogP contribution in [-0.2, 0) is 4.79 Å². The smallest absolute Gasteiger partial charge is 0.222 e. The highest BCUT2D eigenvalue weighted by atomic mass is 32.1. The third-order valence-corrected chi connectivity index (χ3v) is 3.89. The SMILES string of the molecule is CC(C)(N)CC(=O)NC(c1ccc(F)cc1)c1cccs1. The number of amides is 1. The first kappa shape index (κ1) is 15.7.